The Hall–Kier alpha value is -1.13. The van der Waals surface area contributed by atoms with Gasteiger partial charge in [0.15, 0.2) is 5.11 Å². The van der Waals surface area contributed by atoms with Crippen molar-refractivity contribution in [1.29, 1.82) is 0 Å². The predicted molar refractivity (Wildman–Crippen MR) is 94.0 cm³/mol. The topological polar surface area (TPSA) is 28.5 Å². The van der Waals surface area contributed by atoms with Crippen molar-refractivity contribution in [3.8, 4) is 0 Å². The Labute approximate surface area is 134 Å². The molecule has 1 saturated heterocycles. The standard InChI is InChI=1S/C17H27N3S/c1-14-8-3-4-10-16(14)19-17(21)18-11-7-13-20-12-6-5-9-15(20)2/h3-4,8,10,15H,5-7,9,11-13H2,1-2H3,(H2,18,19,21)/p+1/t15-/m0/s1. The van der Waals surface area contributed by atoms with Crippen LogP contribution in [0, 0.1) is 6.92 Å². The Balaban J connectivity index is 1.64. The summed E-state index contributed by atoms with van der Waals surface area (Å²) in [4.78, 5) is 1.76. The first-order valence-electron chi connectivity index (χ1n) is 8.12. The van der Waals surface area contributed by atoms with Crippen LogP contribution in [0.1, 0.15) is 38.2 Å². The molecule has 0 radical (unpaired) electrons. The van der Waals surface area contributed by atoms with Crippen LogP contribution in [0.25, 0.3) is 0 Å². The molecule has 0 spiro atoms. The number of likely N-dealkylation sites (tertiary alicyclic amines) is 1. The number of rotatable bonds is 5. The van der Waals surface area contributed by atoms with Crippen LogP contribution in [-0.2, 0) is 0 Å². The minimum atomic E-state index is 0.728. The smallest absolute Gasteiger partial charge is 0.170 e. The SMILES string of the molecule is Cc1ccccc1NC(=S)NCCC[NH+]1CCCC[C@@H]1C. The molecule has 1 aromatic rings. The highest BCUT2D eigenvalue weighted by Gasteiger charge is 2.20. The lowest BCUT2D eigenvalue weighted by Gasteiger charge is -2.30. The molecule has 3 nitrogen and oxygen atoms in total. The summed E-state index contributed by atoms with van der Waals surface area (Å²) in [6.45, 7) is 8.01. The summed E-state index contributed by atoms with van der Waals surface area (Å²) in [5.74, 6) is 0. The van der Waals surface area contributed by atoms with Crippen LogP contribution in [0.15, 0.2) is 24.3 Å². The molecule has 1 aliphatic heterocycles. The van der Waals surface area contributed by atoms with E-state index < -0.39 is 0 Å². The van der Waals surface area contributed by atoms with Gasteiger partial charge in [0.25, 0.3) is 0 Å². The second-order valence-corrected chi connectivity index (χ2v) is 6.51. The summed E-state index contributed by atoms with van der Waals surface area (Å²) < 4.78 is 0. The highest BCUT2D eigenvalue weighted by atomic mass is 32.1. The second-order valence-electron chi connectivity index (χ2n) is 6.10. The molecule has 2 atom stereocenters. The zero-order valence-corrected chi connectivity index (χ0v) is 14.1. The number of hydrogen-bond acceptors (Lipinski definition) is 1. The van der Waals surface area contributed by atoms with Crippen molar-refractivity contribution in [2.24, 2.45) is 0 Å². The van der Waals surface area contributed by atoms with E-state index in [0.29, 0.717) is 0 Å². The number of hydrogen-bond donors (Lipinski definition) is 3. The molecule has 21 heavy (non-hydrogen) atoms. The maximum absolute atomic E-state index is 5.36. The van der Waals surface area contributed by atoms with Crippen molar-refractivity contribution in [1.82, 2.24) is 5.32 Å². The van der Waals surface area contributed by atoms with E-state index in [1.54, 1.807) is 4.90 Å². The minimum absolute atomic E-state index is 0.728. The van der Waals surface area contributed by atoms with Gasteiger partial charge in [-0.05, 0) is 57.0 Å². The fraction of sp³-hybridized carbons (Fsp3) is 0.588. The quantitative estimate of drug-likeness (QED) is 0.575. The summed E-state index contributed by atoms with van der Waals surface area (Å²) in [6, 6.07) is 9.05. The second kappa shape index (κ2) is 8.35. The third-order valence-electron chi connectivity index (χ3n) is 4.44. The lowest BCUT2D eigenvalue weighted by atomic mass is 10.0. The first-order valence-corrected chi connectivity index (χ1v) is 8.52. The molecule has 1 fully saturated rings. The first kappa shape index (κ1) is 16.2. The van der Waals surface area contributed by atoms with Crippen molar-refractivity contribution >= 4 is 23.0 Å². The van der Waals surface area contributed by atoms with Gasteiger partial charge in [0.05, 0.1) is 19.1 Å². The fourth-order valence-corrected chi connectivity index (χ4v) is 3.23. The van der Waals surface area contributed by atoms with Crippen molar-refractivity contribution in [2.75, 3.05) is 25.0 Å². The Kier molecular flexibility index (Phi) is 6.46. The molecule has 1 unspecified atom stereocenters. The molecule has 1 heterocycles. The number of benzene rings is 1. The third kappa shape index (κ3) is 5.29. The average molecular weight is 306 g/mol. The van der Waals surface area contributed by atoms with Gasteiger partial charge in [-0.15, -0.1) is 0 Å². The van der Waals surface area contributed by atoms with E-state index in [2.05, 4.69) is 36.6 Å². The van der Waals surface area contributed by atoms with Crippen molar-refractivity contribution in [2.45, 2.75) is 45.6 Å². The Morgan fingerprint density at radius 1 is 1.33 bits per heavy atom. The van der Waals surface area contributed by atoms with E-state index in [9.17, 15) is 0 Å². The van der Waals surface area contributed by atoms with Crippen molar-refractivity contribution in [3.05, 3.63) is 29.8 Å². The van der Waals surface area contributed by atoms with Gasteiger partial charge < -0.3 is 15.5 Å². The average Bonchev–Trinajstić information content (AvgIpc) is 2.48. The zero-order valence-electron chi connectivity index (χ0n) is 13.2. The number of aryl methyl sites for hydroxylation is 1. The van der Waals surface area contributed by atoms with Gasteiger partial charge in [0, 0.05) is 18.7 Å². The van der Waals surface area contributed by atoms with Gasteiger partial charge in [0.1, 0.15) is 0 Å². The van der Waals surface area contributed by atoms with Gasteiger partial charge in [-0.2, -0.15) is 0 Å². The number of quaternary nitrogens is 1. The number of anilines is 1. The van der Waals surface area contributed by atoms with Gasteiger partial charge >= 0.3 is 0 Å². The van der Waals surface area contributed by atoms with E-state index in [4.69, 9.17) is 12.2 Å². The minimum Gasteiger partial charge on any atom is -0.362 e. The molecule has 0 bridgehead atoms. The number of piperidine rings is 1. The molecule has 0 amide bonds. The molecule has 0 saturated carbocycles. The van der Waals surface area contributed by atoms with Crippen LogP contribution in [0.3, 0.4) is 0 Å². The summed E-state index contributed by atoms with van der Waals surface area (Å²) in [5, 5.41) is 7.32. The van der Waals surface area contributed by atoms with Gasteiger partial charge in [0.2, 0.25) is 0 Å². The number of thiocarbonyl (C=S) groups is 1. The molecule has 1 aliphatic rings. The van der Waals surface area contributed by atoms with Crippen LogP contribution in [0.5, 0.6) is 0 Å². The zero-order chi connectivity index (χ0) is 15.1. The Bertz CT molecular complexity index is 461. The summed E-state index contributed by atoms with van der Waals surface area (Å²) >= 11 is 5.36. The van der Waals surface area contributed by atoms with E-state index in [0.717, 1.165) is 23.4 Å². The van der Waals surface area contributed by atoms with Crippen LogP contribution < -0.4 is 15.5 Å². The molecule has 116 valence electrons. The van der Waals surface area contributed by atoms with Crippen LogP contribution in [0.4, 0.5) is 5.69 Å². The first-order chi connectivity index (χ1) is 10.2. The van der Waals surface area contributed by atoms with E-state index in [-0.39, 0.29) is 0 Å². The Morgan fingerprint density at radius 3 is 2.90 bits per heavy atom. The van der Waals surface area contributed by atoms with E-state index in [1.165, 1.54) is 44.3 Å². The Morgan fingerprint density at radius 2 is 2.14 bits per heavy atom. The maximum Gasteiger partial charge on any atom is 0.170 e. The molecule has 0 aromatic heterocycles. The maximum atomic E-state index is 5.36. The summed E-state index contributed by atoms with van der Waals surface area (Å²) in [7, 11) is 0. The van der Waals surface area contributed by atoms with E-state index in [1.807, 2.05) is 12.1 Å². The molecule has 1 aromatic carbocycles. The van der Waals surface area contributed by atoms with Gasteiger partial charge in [-0.1, -0.05) is 18.2 Å². The van der Waals surface area contributed by atoms with Gasteiger partial charge in [-0.25, -0.2) is 0 Å². The van der Waals surface area contributed by atoms with Gasteiger partial charge in [-0.3, -0.25) is 0 Å². The molecule has 0 aliphatic carbocycles. The third-order valence-corrected chi connectivity index (χ3v) is 4.68. The monoisotopic (exact) mass is 306 g/mol. The number of para-hydroxylation sites is 1. The summed E-state index contributed by atoms with van der Waals surface area (Å²) in [6.07, 6.45) is 5.36. The molecule has 4 heteroatoms. The van der Waals surface area contributed by atoms with Crippen LogP contribution in [0.2, 0.25) is 0 Å². The highest BCUT2D eigenvalue weighted by Crippen LogP contribution is 2.12. The normalized spacial score (nSPS) is 21.8. The number of nitrogens with one attached hydrogen (secondary N) is 3. The van der Waals surface area contributed by atoms with Crippen LogP contribution >= 0.6 is 12.2 Å². The van der Waals surface area contributed by atoms with Crippen LogP contribution in [-0.4, -0.2) is 30.8 Å². The lowest BCUT2D eigenvalue weighted by Crippen LogP contribution is -3.16. The van der Waals surface area contributed by atoms with Crippen molar-refractivity contribution < 1.29 is 4.90 Å². The fourth-order valence-electron chi connectivity index (χ4n) is 3.02. The summed E-state index contributed by atoms with van der Waals surface area (Å²) in [5.41, 5.74) is 2.30. The molecular formula is C17H28N3S+. The molecular weight excluding hydrogens is 278 g/mol. The molecule has 3 N–H and O–H groups in total. The predicted octanol–water partition coefficient (Wildman–Crippen LogP) is 2.13. The lowest BCUT2D eigenvalue weighted by molar-refractivity contribution is -0.928. The van der Waals surface area contributed by atoms with E-state index >= 15 is 0 Å². The highest BCUT2D eigenvalue weighted by molar-refractivity contribution is 7.80. The largest absolute Gasteiger partial charge is 0.362 e. The molecule has 2 rings (SSSR count). The van der Waals surface area contributed by atoms with Crippen molar-refractivity contribution in [3.63, 3.8) is 0 Å².